The summed E-state index contributed by atoms with van der Waals surface area (Å²) in [4.78, 5) is 9.01. The van der Waals surface area contributed by atoms with Crippen molar-refractivity contribution >= 4 is 6.04 Å². The fraction of sp³-hybridized carbons (Fsp3) is 0. The van der Waals surface area contributed by atoms with E-state index in [-0.39, 0.29) is 0 Å². The molecule has 0 aliphatic carbocycles. The maximum absolute atomic E-state index is 11.1. The minimum atomic E-state index is -2.93. The first-order valence-corrected chi connectivity index (χ1v) is 1.46. The van der Waals surface area contributed by atoms with E-state index in [1.54, 1.807) is 0 Å². The number of rotatable bonds is 1. The number of carbonyl (C=O) groups is 1. The SMILES string of the molecule is O=C(F)C(F)=C(F)F. The van der Waals surface area contributed by atoms with E-state index in [4.69, 9.17) is 4.79 Å². The van der Waals surface area contributed by atoms with Crippen molar-refractivity contribution in [2.45, 2.75) is 0 Å². The topological polar surface area (TPSA) is 17.1 Å². The number of hydrogen-bond donors (Lipinski definition) is 0. The predicted octanol–water partition coefficient (Wildman–Crippen LogP) is 1.56. The van der Waals surface area contributed by atoms with E-state index in [1.165, 1.54) is 0 Å². The molecular weight excluding hydrogens is 128 g/mol. The van der Waals surface area contributed by atoms with Crippen molar-refractivity contribution in [1.82, 2.24) is 0 Å². The fourth-order valence-electron chi connectivity index (χ4n) is 0.0743. The molecule has 1 nitrogen and oxygen atoms in total. The van der Waals surface area contributed by atoms with Gasteiger partial charge < -0.3 is 0 Å². The molecule has 0 atom stereocenters. The molecule has 0 amide bonds. The minimum absolute atomic E-state index is 2.62. The lowest BCUT2D eigenvalue weighted by Crippen LogP contribution is -1.87. The highest BCUT2D eigenvalue weighted by atomic mass is 19.3. The molecule has 0 radical (unpaired) electrons. The molecule has 0 rings (SSSR count). The molecule has 0 aromatic carbocycles. The predicted molar refractivity (Wildman–Crippen MR) is 16.5 cm³/mol. The Morgan fingerprint density at radius 3 is 1.38 bits per heavy atom. The van der Waals surface area contributed by atoms with Gasteiger partial charge in [0.2, 0.25) is 0 Å². The normalized spacial score (nSPS) is 8.50. The molecule has 0 heterocycles. The summed E-state index contributed by atoms with van der Waals surface area (Å²) in [6, 6.07) is -2.75. The molecule has 0 aliphatic heterocycles. The highest BCUT2D eigenvalue weighted by Gasteiger charge is 2.13. The average Bonchev–Trinajstić information content (AvgIpc) is 1.64. The van der Waals surface area contributed by atoms with Crippen LogP contribution in [0.3, 0.4) is 0 Å². The second kappa shape index (κ2) is 2.44. The summed E-state index contributed by atoms with van der Waals surface area (Å²) in [6.07, 6.45) is -2.93. The first kappa shape index (κ1) is 7.13. The van der Waals surface area contributed by atoms with E-state index in [0.29, 0.717) is 0 Å². The molecule has 0 fully saturated rings. The summed E-state index contributed by atoms with van der Waals surface area (Å²) in [7, 11) is 0. The van der Waals surface area contributed by atoms with Crippen molar-refractivity contribution in [1.29, 1.82) is 0 Å². The molecule has 5 heteroatoms. The first-order valence-electron chi connectivity index (χ1n) is 1.46. The second-order valence-corrected chi connectivity index (χ2v) is 0.848. The highest BCUT2D eigenvalue weighted by molar-refractivity contribution is 5.84. The van der Waals surface area contributed by atoms with Crippen molar-refractivity contribution in [3.8, 4) is 0 Å². The summed E-state index contributed by atoms with van der Waals surface area (Å²) in [5, 5.41) is 0. The fourth-order valence-corrected chi connectivity index (χ4v) is 0.0743. The quantitative estimate of drug-likeness (QED) is 0.297. The Balaban J connectivity index is 4.23. The van der Waals surface area contributed by atoms with Crippen molar-refractivity contribution in [3.05, 3.63) is 11.9 Å². The Hall–Kier alpha value is -0.870. The van der Waals surface area contributed by atoms with Gasteiger partial charge in [-0.3, -0.25) is 4.79 Å². The van der Waals surface area contributed by atoms with E-state index in [1.807, 2.05) is 0 Å². The standard InChI is InChI=1S/C3F4O/c4-1(2(5)6)3(7)8. The van der Waals surface area contributed by atoms with Crippen molar-refractivity contribution in [2.75, 3.05) is 0 Å². The average molecular weight is 128 g/mol. The molecular formula is C3F4O. The van der Waals surface area contributed by atoms with Gasteiger partial charge in [0, 0.05) is 0 Å². The van der Waals surface area contributed by atoms with E-state index >= 15 is 0 Å². The minimum Gasteiger partial charge on any atom is -0.252 e. The van der Waals surface area contributed by atoms with E-state index in [2.05, 4.69) is 0 Å². The Labute approximate surface area is 41.6 Å². The van der Waals surface area contributed by atoms with Crippen LogP contribution in [0.2, 0.25) is 0 Å². The van der Waals surface area contributed by atoms with Gasteiger partial charge in [-0.05, 0) is 0 Å². The van der Waals surface area contributed by atoms with Crippen LogP contribution in [-0.2, 0) is 4.79 Å². The van der Waals surface area contributed by atoms with Crippen LogP contribution in [0.5, 0.6) is 0 Å². The van der Waals surface area contributed by atoms with Crippen LogP contribution in [0.25, 0.3) is 0 Å². The Morgan fingerprint density at radius 2 is 1.38 bits per heavy atom. The summed E-state index contributed by atoms with van der Waals surface area (Å²) in [6.45, 7) is 0. The van der Waals surface area contributed by atoms with Gasteiger partial charge >= 0.3 is 12.1 Å². The molecule has 0 aromatic rings. The van der Waals surface area contributed by atoms with E-state index in [9.17, 15) is 17.6 Å². The van der Waals surface area contributed by atoms with Crippen LogP contribution < -0.4 is 0 Å². The van der Waals surface area contributed by atoms with Gasteiger partial charge in [-0.25, -0.2) is 0 Å². The van der Waals surface area contributed by atoms with Gasteiger partial charge in [0.25, 0.3) is 5.83 Å². The molecule has 0 spiro atoms. The zero-order chi connectivity index (χ0) is 6.73. The molecule has 0 N–H and O–H groups in total. The third-order valence-corrected chi connectivity index (χ3v) is 0.338. The van der Waals surface area contributed by atoms with E-state index in [0.717, 1.165) is 0 Å². The smallest absolute Gasteiger partial charge is 0.252 e. The van der Waals surface area contributed by atoms with E-state index < -0.39 is 17.9 Å². The third-order valence-electron chi connectivity index (χ3n) is 0.338. The third kappa shape index (κ3) is 1.72. The lowest BCUT2D eigenvalue weighted by molar-refractivity contribution is -0.127. The number of hydrogen-bond acceptors (Lipinski definition) is 1. The van der Waals surface area contributed by atoms with Gasteiger partial charge in [-0.1, -0.05) is 0 Å². The summed E-state index contributed by atoms with van der Waals surface area (Å²) in [5.41, 5.74) is 0. The van der Waals surface area contributed by atoms with Crippen LogP contribution in [-0.4, -0.2) is 6.04 Å². The van der Waals surface area contributed by atoms with Gasteiger partial charge in [-0.15, -0.1) is 0 Å². The Morgan fingerprint density at radius 1 is 1.00 bits per heavy atom. The molecule has 0 saturated carbocycles. The lowest BCUT2D eigenvalue weighted by Gasteiger charge is -1.78. The van der Waals surface area contributed by atoms with Crippen LogP contribution >= 0.6 is 0 Å². The molecule has 0 saturated heterocycles. The summed E-state index contributed by atoms with van der Waals surface area (Å²) in [5.74, 6) is -2.62. The highest BCUT2D eigenvalue weighted by Crippen LogP contribution is 2.09. The summed E-state index contributed by atoms with van der Waals surface area (Å²) >= 11 is 0. The Bertz CT molecular complexity index is 134. The number of carbonyl (C=O) groups excluding carboxylic acids is 1. The second-order valence-electron chi connectivity index (χ2n) is 0.848. The molecule has 0 unspecified atom stereocenters. The van der Waals surface area contributed by atoms with Crippen LogP contribution in [0.15, 0.2) is 11.9 Å². The first-order chi connectivity index (χ1) is 3.55. The van der Waals surface area contributed by atoms with Crippen molar-refractivity contribution < 1.29 is 22.4 Å². The van der Waals surface area contributed by atoms with Crippen molar-refractivity contribution in [3.63, 3.8) is 0 Å². The molecule has 0 bridgehead atoms. The van der Waals surface area contributed by atoms with Gasteiger partial charge in [0.15, 0.2) is 0 Å². The maximum Gasteiger partial charge on any atom is 0.365 e. The lowest BCUT2D eigenvalue weighted by atomic mass is 10.6. The monoisotopic (exact) mass is 128 g/mol. The molecule has 0 aromatic heterocycles. The molecule has 0 aliphatic rings. The largest absolute Gasteiger partial charge is 0.365 e. The Kier molecular flexibility index (Phi) is 2.18. The van der Waals surface area contributed by atoms with Gasteiger partial charge in [0.05, 0.1) is 0 Å². The molecule has 46 valence electrons. The van der Waals surface area contributed by atoms with Gasteiger partial charge in [-0.2, -0.15) is 17.6 Å². The number of allylic oxidation sites excluding steroid dienone is 1. The zero-order valence-electron chi connectivity index (χ0n) is 3.42. The van der Waals surface area contributed by atoms with Crippen LogP contribution in [0.4, 0.5) is 17.6 Å². The van der Waals surface area contributed by atoms with Crippen molar-refractivity contribution in [2.24, 2.45) is 0 Å². The molecule has 8 heavy (non-hydrogen) atoms. The zero-order valence-corrected chi connectivity index (χ0v) is 3.42. The summed E-state index contributed by atoms with van der Waals surface area (Å²) < 4.78 is 43.3. The van der Waals surface area contributed by atoms with Crippen LogP contribution in [0.1, 0.15) is 0 Å². The number of halogens is 4. The van der Waals surface area contributed by atoms with Crippen LogP contribution in [0, 0.1) is 0 Å². The van der Waals surface area contributed by atoms with Gasteiger partial charge in [0.1, 0.15) is 0 Å². The maximum atomic E-state index is 11.1.